The fourth-order valence-electron chi connectivity index (χ4n) is 3.52. The number of nitro benzene ring substituents is 3. The van der Waals surface area contributed by atoms with Gasteiger partial charge in [0.05, 0.1) is 20.8 Å². The highest BCUT2D eigenvalue weighted by atomic mass is 16.6. The van der Waals surface area contributed by atoms with Gasteiger partial charge in [-0.15, -0.1) is 0 Å². The van der Waals surface area contributed by atoms with Gasteiger partial charge in [-0.05, 0) is 18.2 Å². The molecule has 0 atom stereocenters. The van der Waals surface area contributed by atoms with Crippen LogP contribution in [0.2, 0.25) is 0 Å². The van der Waals surface area contributed by atoms with Crippen LogP contribution in [0.15, 0.2) is 90.2 Å². The Balaban J connectivity index is 1.79. The predicted octanol–water partition coefficient (Wildman–Crippen LogP) is 4.37. The molecule has 0 aliphatic heterocycles. The maximum atomic E-state index is 11.5. The average Bonchev–Trinajstić information content (AvgIpc) is 2.86. The van der Waals surface area contributed by atoms with E-state index in [0.717, 1.165) is 23.0 Å². The van der Waals surface area contributed by atoms with E-state index in [1.165, 1.54) is 24.3 Å². The van der Waals surface area contributed by atoms with Gasteiger partial charge in [-0.1, -0.05) is 24.3 Å². The number of aromatic nitrogens is 1. The first-order valence-corrected chi connectivity index (χ1v) is 10.2. The van der Waals surface area contributed by atoms with E-state index in [2.05, 4.69) is 10.5 Å². The lowest BCUT2D eigenvalue weighted by Gasteiger charge is -2.08. The van der Waals surface area contributed by atoms with Crippen molar-refractivity contribution < 1.29 is 19.3 Å². The van der Waals surface area contributed by atoms with Crippen molar-refractivity contribution in [3.63, 3.8) is 0 Å². The molecule has 0 unspecified atom stereocenters. The number of rotatable bonds is 8. The number of nitrogens with one attached hydrogen (secondary N) is 1. The standard InChI is InChI=1S/C23H17N6O6/c30-27(31)18-8-3-6-17(13-18)21(15-26-12-4-7-16-5-1-2-9-22(16)26)25-24-20-11-10-19(28(32)33)14-23(20)29(34)35/h1-14,24H,15H2/q+1/b25-21+. The van der Waals surface area contributed by atoms with Gasteiger partial charge >= 0.3 is 5.69 Å². The molecule has 1 aromatic heterocycles. The summed E-state index contributed by atoms with van der Waals surface area (Å²) in [5.74, 6) is 0. The summed E-state index contributed by atoms with van der Waals surface area (Å²) in [4.78, 5) is 31.8. The minimum absolute atomic E-state index is 0.0635. The zero-order valence-electron chi connectivity index (χ0n) is 18.0. The molecule has 0 fully saturated rings. The van der Waals surface area contributed by atoms with Crippen LogP contribution in [0.4, 0.5) is 22.7 Å². The van der Waals surface area contributed by atoms with E-state index in [0.29, 0.717) is 11.3 Å². The minimum Gasteiger partial charge on any atom is -0.271 e. The first-order chi connectivity index (χ1) is 16.8. The van der Waals surface area contributed by atoms with Gasteiger partial charge in [0.25, 0.3) is 11.4 Å². The largest absolute Gasteiger partial charge is 0.301 e. The second-order valence-corrected chi connectivity index (χ2v) is 7.39. The summed E-state index contributed by atoms with van der Waals surface area (Å²) in [5.41, 5.74) is 3.11. The number of non-ortho nitro benzene ring substituents is 2. The third kappa shape index (κ3) is 5.06. The minimum atomic E-state index is -0.753. The topological polar surface area (TPSA) is 158 Å². The second kappa shape index (κ2) is 9.70. The lowest BCUT2D eigenvalue weighted by Crippen LogP contribution is -2.38. The molecule has 174 valence electrons. The smallest absolute Gasteiger partial charge is 0.271 e. The normalized spacial score (nSPS) is 11.3. The lowest BCUT2D eigenvalue weighted by atomic mass is 10.1. The lowest BCUT2D eigenvalue weighted by molar-refractivity contribution is -0.655. The van der Waals surface area contributed by atoms with E-state index in [1.807, 2.05) is 47.2 Å². The summed E-state index contributed by atoms with van der Waals surface area (Å²) < 4.78 is 1.89. The number of hydrazone groups is 1. The first-order valence-electron chi connectivity index (χ1n) is 10.2. The quantitative estimate of drug-likeness (QED) is 0.172. The van der Waals surface area contributed by atoms with Crippen LogP contribution < -0.4 is 9.99 Å². The molecule has 1 heterocycles. The fourth-order valence-corrected chi connectivity index (χ4v) is 3.52. The van der Waals surface area contributed by atoms with Crippen molar-refractivity contribution in [1.82, 2.24) is 0 Å². The van der Waals surface area contributed by atoms with Gasteiger partial charge in [-0.3, -0.25) is 35.8 Å². The molecular formula is C23H17N6O6+. The molecule has 3 aromatic carbocycles. The van der Waals surface area contributed by atoms with Gasteiger partial charge in [-0.25, -0.2) is 0 Å². The first kappa shape index (κ1) is 22.9. The van der Waals surface area contributed by atoms with Crippen LogP contribution in [0.5, 0.6) is 0 Å². The van der Waals surface area contributed by atoms with Crippen molar-refractivity contribution in [3.05, 3.63) is 121 Å². The Morgan fingerprint density at radius 2 is 1.51 bits per heavy atom. The van der Waals surface area contributed by atoms with Crippen molar-refractivity contribution in [3.8, 4) is 0 Å². The van der Waals surface area contributed by atoms with E-state index < -0.39 is 26.1 Å². The van der Waals surface area contributed by atoms with Crippen molar-refractivity contribution in [2.24, 2.45) is 5.10 Å². The molecule has 0 aliphatic rings. The van der Waals surface area contributed by atoms with Gasteiger partial charge < -0.3 is 0 Å². The number of nitrogens with zero attached hydrogens (tertiary/aromatic N) is 5. The predicted molar refractivity (Wildman–Crippen MR) is 127 cm³/mol. The monoisotopic (exact) mass is 473 g/mol. The summed E-state index contributed by atoms with van der Waals surface area (Å²) in [6.45, 7) is 0.177. The molecule has 0 radical (unpaired) electrons. The van der Waals surface area contributed by atoms with Crippen molar-refractivity contribution in [2.75, 3.05) is 5.43 Å². The highest BCUT2D eigenvalue weighted by Gasteiger charge is 2.21. The highest BCUT2D eigenvalue weighted by molar-refractivity contribution is 6.00. The van der Waals surface area contributed by atoms with E-state index >= 15 is 0 Å². The van der Waals surface area contributed by atoms with E-state index in [4.69, 9.17) is 0 Å². The summed E-state index contributed by atoms with van der Waals surface area (Å²) in [7, 11) is 0. The molecule has 0 saturated carbocycles. The van der Waals surface area contributed by atoms with E-state index in [1.54, 1.807) is 6.07 Å². The van der Waals surface area contributed by atoms with Gasteiger partial charge in [0.15, 0.2) is 12.7 Å². The number of fused-ring (bicyclic) bond motifs is 1. The van der Waals surface area contributed by atoms with Gasteiger partial charge in [0, 0.05) is 41.3 Å². The van der Waals surface area contributed by atoms with Crippen molar-refractivity contribution in [1.29, 1.82) is 0 Å². The molecule has 1 N–H and O–H groups in total. The molecule has 12 nitrogen and oxygen atoms in total. The van der Waals surface area contributed by atoms with Crippen LogP contribution in [-0.2, 0) is 6.54 Å². The molecule has 0 spiro atoms. The Morgan fingerprint density at radius 3 is 2.26 bits per heavy atom. The third-order valence-corrected chi connectivity index (χ3v) is 5.20. The van der Waals surface area contributed by atoms with Crippen LogP contribution >= 0.6 is 0 Å². The van der Waals surface area contributed by atoms with Gasteiger partial charge in [0.1, 0.15) is 11.4 Å². The molecule has 12 heteroatoms. The van der Waals surface area contributed by atoms with Crippen LogP contribution in [-0.4, -0.2) is 20.5 Å². The van der Waals surface area contributed by atoms with Gasteiger partial charge in [-0.2, -0.15) is 9.67 Å². The maximum Gasteiger partial charge on any atom is 0.301 e. The van der Waals surface area contributed by atoms with Crippen LogP contribution in [0, 0.1) is 30.3 Å². The summed E-state index contributed by atoms with van der Waals surface area (Å²) in [5, 5.41) is 39.1. The maximum absolute atomic E-state index is 11.5. The van der Waals surface area contributed by atoms with E-state index in [-0.39, 0.29) is 17.9 Å². The number of hydrogen-bond acceptors (Lipinski definition) is 8. The highest BCUT2D eigenvalue weighted by Crippen LogP contribution is 2.29. The van der Waals surface area contributed by atoms with Gasteiger partial charge in [0.2, 0.25) is 5.52 Å². The molecule has 4 aromatic rings. The molecule has 4 rings (SSSR count). The van der Waals surface area contributed by atoms with Crippen molar-refractivity contribution in [2.45, 2.75) is 6.54 Å². The zero-order chi connectivity index (χ0) is 24.9. The number of hydrogen-bond donors (Lipinski definition) is 1. The summed E-state index contributed by atoms with van der Waals surface area (Å²) in [6.07, 6.45) is 1.82. The molecule has 0 amide bonds. The Bertz CT molecular complexity index is 1500. The summed E-state index contributed by atoms with van der Waals surface area (Å²) in [6, 6.07) is 20.4. The summed E-state index contributed by atoms with van der Waals surface area (Å²) >= 11 is 0. The Labute approximate surface area is 197 Å². The molecule has 0 bridgehead atoms. The van der Waals surface area contributed by atoms with E-state index in [9.17, 15) is 30.3 Å². The number of nitro groups is 3. The number of anilines is 1. The van der Waals surface area contributed by atoms with Crippen LogP contribution in [0.1, 0.15) is 5.56 Å². The fraction of sp³-hybridized carbons (Fsp3) is 0.0435. The average molecular weight is 473 g/mol. The number of pyridine rings is 1. The SMILES string of the molecule is O=[N+]([O-])c1cccc(/C(C[n+]2cccc3ccccc32)=N/Nc2ccc([N+](=O)[O-])cc2[N+](=O)[O-])c1. The Hall–Kier alpha value is -5.26. The Kier molecular flexibility index (Phi) is 6.35. The van der Waals surface area contributed by atoms with Crippen LogP contribution in [0.3, 0.4) is 0 Å². The Morgan fingerprint density at radius 1 is 0.800 bits per heavy atom. The molecule has 35 heavy (non-hydrogen) atoms. The second-order valence-electron chi connectivity index (χ2n) is 7.39. The zero-order valence-corrected chi connectivity index (χ0v) is 18.0. The molecular weight excluding hydrogens is 456 g/mol. The van der Waals surface area contributed by atoms with Crippen molar-refractivity contribution >= 4 is 39.4 Å². The van der Waals surface area contributed by atoms with Crippen LogP contribution in [0.25, 0.3) is 10.9 Å². The third-order valence-electron chi connectivity index (χ3n) is 5.20. The molecule has 0 saturated heterocycles. The number of para-hydroxylation sites is 1. The number of benzene rings is 3. The molecule has 0 aliphatic carbocycles.